The summed E-state index contributed by atoms with van der Waals surface area (Å²) in [6.07, 6.45) is -13.6. The number of hydrogen-bond donors (Lipinski definition) is 0. The van der Waals surface area contributed by atoms with Crippen molar-refractivity contribution in [3.8, 4) is 102 Å². The van der Waals surface area contributed by atoms with Gasteiger partial charge in [-0.05, 0) is 53.1 Å². The first kappa shape index (κ1) is 72.7. The van der Waals surface area contributed by atoms with Crippen molar-refractivity contribution in [2.24, 2.45) is 0 Å². The van der Waals surface area contributed by atoms with Crippen LogP contribution in [-0.2, 0) is 38.6 Å². The minimum atomic E-state index is -4.55. The van der Waals surface area contributed by atoms with E-state index in [1.807, 2.05) is 255 Å². The van der Waals surface area contributed by atoms with Crippen LogP contribution in [0.4, 0.5) is 39.5 Å². The smallest absolute Gasteiger partial charge is 0.277 e. The van der Waals surface area contributed by atoms with E-state index in [2.05, 4.69) is 48.1 Å². The fourth-order valence-electron chi connectivity index (χ4n) is 15.4. The molecule has 0 atom stereocenters. The molecule has 6 aromatic heterocycles. The summed E-state index contributed by atoms with van der Waals surface area (Å²) in [4.78, 5) is 43.1. The molecule has 0 saturated carbocycles. The van der Waals surface area contributed by atoms with Crippen molar-refractivity contribution >= 4 is 97.7 Å². The number of alkyl halides is 9. The standard InChI is InChI=1S/3C32H17F3N3.Ir/c3*33-32(34,35)24-14-8-7-13-21(24)31-36-25-17-15-22-27-23(16-18-26(37-31)28(25)27)30(20-11-5-2-6-12-20)38-29(22)19-9-3-1-4-10-19;/h3*1-12,14-18H;/q3*-1;. The van der Waals surface area contributed by atoms with Crippen LogP contribution in [-0.4, -0.2) is 44.9 Å². The molecule has 19 heteroatoms. The summed E-state index contributed by atoms with van der Waals surface area (Å²) in [6.45, 7) is 0. The summed E-state index contributed by atoms with van der Waals surface area (Å²) in [7, 11) is 0. The Kier molecular flexibility index (Phi) is 18.3. The third kappa shape index (κ3) is 13.1. The fraction of sp³-hybridized carbons (Fsp3) is 0.0312. The maximum Gasteiger partial charge on any atom is 0.381 e. The van der Waals surface area contributed by atoms with Gasteiger partial charge in [-0.2, -0.15) is 39.5 Å². The van der Waals surface area contributed by atoms with E-state index >= 15 is 0 Å². The van der Waals surface area contributed by atoms with Crippen molar-refractivity contribution in [1.82, 2.24) is 44.9 Å². The Labute approximate surface area is 662 Å². The van der Waals surface area contributed by atoms with Gasteiger partial charge in [-0.15, -0.1) is 72.8 Å². The first-order valence-electron chi connectivity index (χ1n) is 36.1. The van der Waals surface area contributed by atoms with Crippen LogP contribution in [0.1, 0.15) is 16.7 Å². The van der Waals surface area contributed by atoms with Crippen LogP contribution in [0.25, 0.3) is 199 Å². The molecule has 9 nitrogen and oxygen atoms in total. The summed E-state index contributed by atoms with van der Waals surface area (Å²) in [5.41, 5.74) is 11.3. The van der Waals surface area contributed by atoms with Gasteiger partial charge in [0.25, 0.3) is 0 Å². The molecule has 0 spiro atoms. The average Bonchev–Trinajstić information content (AvgIpc) is 0.727. The molecule has 0 aliphatic rings. The molecule has 15 aromatic carbocycles. The molecule has 0 aliphatic carbocycles. The Morgan fingerprint density at radius 2 is 0.374 bits per heavy atom. The summed E-state index contributed by atoms with van der Waals surface area (Å²) in [5, 5.41) is 10.8. The zero-order valence-corrected chi connectivity index (χ0v) is 62.1. The van der Waals surface area contributed by atoms with Gasteiger partial charge >= 0.3 is 18.5 Å². The van der Waals surface area contributed by atoms with Crippen LogP contribution in [0.3, 0.4) is 0 Å². The number of aromatic nitrogens is 9. The molecule has 555 valence electrons. The number of halogens is 9. The Bertz CT molecular complexity index is 6220. The van der Waals surface area contributed by atoms with Crippen LogP contribution in [0.15, 0.2) is 309 Å². The van der Waals surface area contributed by atoms with E-state index in [0.29, 0.717) is 33.1 Å². The van der Waals surface area contributed by atoms with Crippen LogP contribution in [0.5, 0.6) is 0 Å². The van der Waals surface area contributed by atoms with Gasteiger partial charge < -0.3 is 0 Å². The van der Waals surface area contributed by atoms with E-state index in [0.717, 1.165) is 150 Å². The molecular weight excluding hydrogens is 1640 g/mol. The Morgan fingerprint density at radius 1 is 0.191 bits per heavy atom. The third-order valence-electron chi connectivity index (χ3n) is 20.3. The number of pyridine rings is 3. The van der Waals surface area contributed by atoms with Gasteiger partial charge in [-0.3, -0.25) is 29.9 Å². The van der Waals surface area contributed by atoms with E-state index < -0.39 is 35.2 Å². The number of nitrogens with zero attached hydrogens (tertiary/aromatic N) is 9. The largest absolute Gasteiger partial charge is 0.381 e. The van der Waals surface area contributed by atoms with E-state index in [4.69, 9.17) is 15.0 Å². The summed E-state index contributed by atoms with van der Waals surface area (Å²) < 4.78 is 124. The molecule has 0 fully saturated rings. The van der Waals surface area contributed by atoms with Crippen molar-refractivity contribution < 1.29 is 59.6 Å². The van der Waals surface area contributed by atoms with E-state index in [-0.39, 0.29) is 54.3 Å². The van der Waals surface area contributed by atoms with Crippen molar-refractivity contribution in [1.29, 1.82) is 0 Å². The first-order chi connectivity index (χ1) is 55.5. The molecular formula is C96H51F9IrN9-3. The zero-order chi connectivity index (χ0) is 77.6. The fourth-order valence-corrected chi connectivity index (χ4v) is 15.4. The molecule has 0 aliphatic heterocycles. The van der Waals surface area contributed by atoms with Crippen molar-refractivity contribution in [3.05, 3.63) is 344 Å². The van der Waals surface area contributed by atoms with Crippen LogP contribution in [0, 0.1) is 18.2 Å². The number of rotatable bonds is 9. The predicted octanol–water partition coefficient (Wildman–Crippen LogP) is 25.8. The monoisotopic (exact) mass is 1690 g/mol. The van der Waals surface area contributed by atoms with Crippen molar-refractivity contribution in [2.45, 2.75) is 18.5 Å². The summed E-state index contributed by atoms with van der Waals surface area (Å²) in [5.74, 6) is -0.0181. The van der Waals surface area contributed by atoms with Gasteiger partial charge in [0.1, 0.15) is 0 Å². The maximum absolute atomic E-state index is 13.8. The Balaban J connectivity index is 0.000000119. The second-order valence-corrected chi connectivity index (χ2v) is 27.2. The summed E-state index contributed by atoms with van der Waals surface area (Å²) in [6, 6.07) is 102. The van der Waals surface area contributed by atoms with Gasteiger partial charge in [0.15, 0.2) is 0 Å². The Hall–Kier alpha value is -13.9. The zero-order valence-electron chi connectivity index (χ0n) is 59.7. The van der Waals surface area contributed by atoms with Crippen molar-refractivity contribution in [2.75, 3.05) is 0 Å². The molecule has 21 rings (SSSR count). The van der Waals surface area contributed by atoms with Crippen LogP contribution >= 0.6 is 0 Å². The maximum atomic E-state index is 13.8. The van der Waals surface area contributed by atoms with E-state index in [9.17, 15) is 39.5 Å². The predicted molar refractivity (Wildman–Crippen MR) is 431 cm³/mol. The molecule has 21 aromatic rings. The molecule has 0 saturated heterocycles. The number of benzene rings is 15. The van der Waals surface area contributed by atoms with Crippen LogP contribution < -0.4 is 0 Å². The average molecular weight is 1690 g/mol. The van der Waals surface area contributed by atoms with E-state index in [1.54, 1.807) is 0 Å². The van der Waals surface area contributed by atoms with Crippen molar-refractivity contribution in [3.63, 3.8) is 0 Å². The molecule has 0 bridgehead atoms. The van der Waals surface area contributed by atoms with Gasteiger partial charge in [0.2, 0.25) is 0 Å². The van der Waals surface area contributed by atoms with Crippen LogP contribution in [0.2, 0.25) is 0 Å². The molecule has 6 heterocycles. The Morgan fingerprint density at radius 3 is 0.548 bits per heavy atom. The number of hydrogen-bond acceptors (Lipinski definition) is 9. The van der Waals surface area contributed by atoms with Gasteiger partial charge in [0.05, 0.1) is 84.7 Å². The normalized spacial score (nSPS) is 12.0. The van der Waals surface area contributed by atoms with E-state index in [1.165, 1.54) is 36.4 Å². The first-order valence-corrected chi connectivity index (χ1v) is 36.1. The van der Waals surface area contributed by atoms with Gasteiger partial charge in [-0.25, -0.2) is 15.0 Å². The molecule has 115 heavy (non-hydrogen) atoms. The molecule has 0 unspecified atom stereocenters. The summed E-state index contributed by atoms with van der Waals surface area (Å²) >= 11 is 0. The molecule has 0 amide bonds. The quantitative estimate of drug-likeness (QED) is 0.0791. The molecule has 0 N–H and O–H groups in total. The molecule has 1 radical (unpaired) electrons. The SMILES string of the molecule is FC(F)(F)c1ccc[c-]c1-c1nc2ccc3c(-c4ccccc4)nc(-c4ccccc4)c4ccc(n1)c2c34.FC(F)(F)c1ccc[c-]c1-c1nc2ccc3c(-c4ccccc4)nc(-c4ccccc4)c4ccc(n1)c2c34.FC(F)(F)c1ccc[c-]c1-c1nc2ccc3c(-c4ccccc4)nc(-c4ccccc4)c4ccc(n1)c2c34.[Ir]. The minimum absolute atomic E-state index is 0. The minimum Gasteiger partial charge on any atom is -0.277 e. The topological polar surface area (TPSA) is 116 Å². The third-order valence-corrected chi connectivity index (χ3v) is 20.3. The second-order valence-electron chi connectivity index (χ2n) is 27.2. The van der Waals surface area contributed by atoms with Gasteiger partial charge in [-0.1, -0.05) is 235 Å². The second kappa shape index (κ2) is 29.0. The van der Waals surface area contributed by atoms with Gasteiger partial charge in [0, 0.05) is 118 Å².